The SMILES string of the molecule is C=Cc1ccc2c(C3=C(c4c(C)sc5cc(C(C)=O)ccc45)C(F)(F)C(F)(F)C3(F)F)c(C)sc2c1. The topological polar surface area (TPSA) is 17.1 Å². The number of thiophene rings is 2. The molecule has 0 amide bonds. The van der Waals surface area contributed by atoms with Crippen molar-refractivity contribution in [3.8, 4) is 0 Å². The highest BCUT2D eigenvalue weighted by Crippen LogP contribution is 2.67. The van der Waals surface area contributed by atoms with E-state index in [1.165, 1.54) is 45.0 Å². The predicted molar refractivity (Wildman–Crippen MR) is 135 cm³/mol. The van der Waals surface area contributed by atoms with Crippen molar-refractivity contribution in [1.82, 2.24) is 0 Å². The van der Waals surface area contributed by atoms with E-state index in [-0.39, 0.29) is 37.4 Å². The molecule has 4 aromatic rings. The van der Waals surface area contributed by atoms with Crippen molar-refractivity contribution < 1.29 is 31.1 Å². The van der Waals surface area contributed by atoms with Crippen LogP contribution in [-0.2, 0) is 0 Å². The molecule has 0 N–H and O–H groups in total. The molecule has 186 valence electrons. The molecule has 2 heterocycles. The summed E-state index contributed by atoms with van der Waals surface area (Å²) in [7, 11) is 0. The molecule has 2 aromatic carbocycles. The van der Waals surface area contributed by atoms with Gasteiger partial charge in [0.05, 0.1) is 0 Å². The number of carbonyl (C=O) groups excluding carboxylic acids is 1. The third-order valence-electron chi connectivity index (χ3n) is 6.57. The van der Waals surface area contributed by atoms with E-state index in [0.29, 0.717) is 20.5 Å². The number of benzene rings is 2. The van der Waals surface area contributed by atoms with Gasteiger partial charge in [0.25, 0.3) is 0 Å². The molecule has 0 atom stereocenters. The smallest absolute Gasteiger partial charge is 0.295 e. The van der Waals surface area contributed by atoms with Gasteiger partial charge < -0.3 is 0 Å². The van der Waals surface area contributed by atoms with Crippen LogP contribution in [0.2, 0.25) is 0 Å². The van der Waals surface area contributed by atoms with E-state index in [9.17, 15) is 13.6 Å². The fourth-order valence-electron chi connectivity index (χ4n) is 4.81. The second-order valence-corrected chi connectivity index (χ2v) is 11.3. The van der Waals surface area contributed by atoms with E-state index in [0.717, 1.165) is 22.7 Å². The van der Waals surface area contributed by atoms with Crippen LogP contribution in [0.3, 0.4) is 0 Å². The molecule has 0 radical (unpaired) electrons. The molecule has 0 bridgehead atoms. The fourth-order valence-corrected chi connectivity index (χ4v) is 7.04. The Morgan fingerprint density at radius 3 is 1.75 bits per heavy atom. The first-order valence-electron chi connectivity index (χ1n) is 10.8. The van der Waals surface area contributed by atoms with Gasteiger partial charge in [-0.1, -0.05) is 36.9 Å². The van der Waals surface area contributed by atoms with Gasteiger partial charge in [-0.3, -0.25) is 4.79 Å². The Morgan fingerprint density at radius 1 is 0.806 bits per heavy atom. The van der Waals surface area contributed by atoms with Crippen LogP contribution in [0, 0.1) is 13.8 Å². The van der Waals surface area contributed by atoms with E-state index in [1.807, 2.05) is 0 Å². The summed E-state index contributed by atoms with van der Waals surface area (Å²) in [5.41, 5.74) is -2.39. The standard InChI is InChI=1S/C27H18F6OS2/c1-5-15-6-8-17-19(10-15)35-13(3)21(17)23-24(26(30,31)27(32,33)25(23,28)29)22-14(4)36-20-11-16(12(2)34)7-9-18(20)22/h5-11H,1H2,2-4H3. The van der Waals surface area contributed by atoms with Crippen molar-refractivity contribution in [2.45, 2.75) is 38.5 Å². The van der Waals surface area contributed by atoms with Gasteiger partial charge in [-0.15, -0.1) is 22.7 Å². The van der Waals surface area contributed by atoms with E-state index in [1.54, 1.807) is 18.2 Å². The number of fused-ring (bicyclic) bond motifs is 2. The molecule has 0 unspecified atom stereocenters. The lowest BCUT2D eigenvalue weighted by Crippen LogP contribution is -2.48. The average molecular weight is 537 g/mol. The zero-order chi connectivity index (χ0) is 26.4. The summed E-state index contributed by atoms with van der Waals surface area (Å²) in [4.78, 5) is 12.2. The van der Waals surface area contributed by atoms with E-state index in [2.05, 4.69) is 6.58 Å². The summed E-state index contributed by atoms with van der Waals surface area (Å²) < 4.78 is 92.8. The van der Waals surface area contributed by atoms with E-state index >= 15 is 17.6 Å². The fraction of sp³-hybridized carbons (Fsp3) is 0.222. The zero-order valence-corrected chi connectivity index (χ0v) is 20.9. The third-order valence-corrected chi connectivity index (χ3v) is 8.70. The highest BCUT2D eigenvalue weighted by Gasteiger charge is 2.80. The number of alkyl halides is 6. The molecule has 0 aliphatic heterocycles. The van der Waals surface area contributed by atoms with Gasteiger partial charge in [-0.05, 0) is 38.5 Å². The highest BCUT2D eigenvalue weighted by atomic mass is 32.1. The van der Waals surface area contributed by atoms with Gasteiger partial charge in [-0.25, -0.2) is 0 Å². The van der Waals surface area contributed by atoms with Gasteiger partial charge in [0.1, 0.15) is 0 Å². The number of aryl methyl sites for hydroxylation is 2. The second kappa shape index (κ2) is 7.79. The van der Waals surface area contributed by atoms with Gasteiger partial charge in [0.2, 0.25) is 0 Å². The number of hydrogen-bond donors (Lipinski definition) is 0. The van der Waals surface area contributed by atoms with Crippen LogP contribution < -0.4 is 0 Å². The first-order chi connectivity index (χ1) is 16.7. The van der Waals surface area contributed by atoms with Crippen molar-refractivity contribution >= 4 is 65.9 Å². The van der Waals surface area contributed by atoms with Gasteiger partial charge in [0, 0.05) is 57.8 Å². The Kier molecular flexibility index (Phi) is 5.36. The molecule has 0 spiro atoms. The van der Waals surface area contributed by atoms with Crippen molar-refractivity contribution in [2.75, 3.05) is 0 Å². The molecule has 5 rings (SSSR count). The number of rotatable bonds is 4. The molecule has 0 saturated heterocycles. The summed E-state index contributed by atoms with van der Waals surface area (Å²) in [6.07, 6.45) is 1.54. The zero-order valence-electron chi connectivity index (χ0n) is 19.2. The number of allylic oxidation sites excluding steroid dienone is 2. The first kappa shape index (κ1) is 24.8. The second-order valence-electron chi connectivity index (χ2n) is 8.77. The van der Waals surface area contributed by atoms with Crippen LogP contribution >= 0.6 is 22.7 Å². The van der Waals surface area contributed by atoms with Crippen molar-refractivity contribution in [3.63, 3.8) is 0 Å². The quantitative estimate of drug-likeness (QED) is 0.188. The number of halogens is 6. The predicted octanol–water partition coefficient (Wildman–Crippen LogP) is 9.41. The lowest BCUT2D eigenvalue weighted by molar-refractivity contribution is -0.254. The van der Waals surface area contributed by atoms with Crippen LogP contribution in [0.1, 0.15) is 43.7 Å². The molecule has 2 aromatic heterocycles. The number of ketones is 1. The Balaban J connectivity index is 1.94. The summed E-state index contributed by atoms with van der Waals surface area (Å²) >= 11 is 2.06. The molecular formula is C27H18F6OS2. The van der Waals surface area contributed by atoms with Crippen molar-refractivity contribution in [2.24, 2.45) is 0 Å². The summed E-state index contributed by atoms with van der Waals surface area (Å²) in [5.74, 6) is -16.2. The minimum absolute atomic E-state index is 0.120. The maximum absolute atomic E-state index is 15.5. The lowest BCUT2D eigenvalue weighted by Gasteiger charge is -2.26. The summed E-state index contributed by atoms with van der Waals surface area (Å²) in [6.45, 7) is 7.88. The van der Waals surface area contributed by atoms with Crippen LogP contribution in [0.4, 0.5) is 26.3 Å². The van der Waals surface area contributed by atoms with Gasteiger partial charge in [0.15, 0.2) is 5.78 Å². The van der Waals surface area contributed by atoms with Crippen LogP contribution in [-0.4, -0.2) is 23.6 Å². The lowest BCUT2D eigenvalue weighted by atomic mass is 9.91. The molecule has 0 saturated carbocycles. The van der Waals surface area contributed by atoms with Gasteiger partial charge in [-0.2, -0.15) is 26.3 Å². The number of hydrogen-bond acceptors (Lipinski definition) is 3. The molecule has 1 nitrogen and oxygen atoms in total. The molecule has 1 aliphatic rings. The Bertz CT molecular complexity index is 1640. The van der Waals surface area contributed by atoms with Crippen LogP contribution in [0.15, 0.2) is 43.0 Å². The maximum atomic E-state index is 15.5. The minimum atomic E-state index is -5.65. The minimum Gasteiger partial charge on any atom is -0.295 e. The number of carbonyl (C=O) groups is 1. The monoisotopic (exact) mass is 536 g/mol. The van der Waals surface area contributed by atoms with Crippen LogP contribution in [0.25, 0.3) is 37.4 Å². The molecular weight excluding hydrogens is 518 g/mol. The average Bonchev–Trinajstić information content (AvgIpc) is 3.33. The van der Waals surface area contributed by atoms with Crippen LogP contribution in [0.5, 0.6) is 0 Å². The molecule has 36 heavy (non-hydrogen) atoms. The summed E-state index contributed by atoms with van der Waals surface area (Å²) in [5, 5.41) is 0.314. The van der Waals surface area contributed by atoms with E-state index in [4.69, 9.17) is 0 Å². The Labute approximate surface area is 210 Å². The first-order valence-corrected chi connectivity index (χ1v) is 12.5. The van der Waals surface area contributed by atoms with E-state index < -0.39 is 28.9 Å². The molecule has 9 heteroatoms. The van der Waals surface area contributed by atoms with Crippen molar-refractivity contribution in [3.05, 3.63) is 75.0 Å². The Hall–Kier alpha value is -2.91. The van der Waals surface area contributed by atoms with Gasteiger partial charge >= 0.3 is 17.8 Å². The third kappa shape index (κ3) is 3.11. The summed E-state index contributed by atoms with van der Waals surface area (Å²) in [6, 6.07) is 8.90. The normalized spacial score (nSPS) is 18.4. The maximum Gasteiger partial charge on any atom is 0.380 e. The molecule has 1 aliphatic carbocycles. The molecule has 0 fully saturated rings. The highest BCUT2D eigenvalue weighted by molar-refractivity contribution is 7.19. The number of Topliss-reactive ketones (excluding diaryl/α,β-unsaturated/α-hetero) is 1. The Morgan fingerprint density at radius 2 is 1.28 bits per heavy atom. The van der Waals surface area contributed by atoms with Crippen molar-refractivity contribution in [1.29, 1.82) is 0 Å². The largest absolute Gasteiger partial charge is 0.380 e.